The predicted octanol–water partition coefficient (Wildman–Crippen LogP) is 3.73. The molecule has 1 N–H and O–H groups in total. The third-order valence-electron chi connectivity index (χ3n) is 3.92. The molecule has 0 saturated carbocycles. The van der Waals surface area contributed by atoms with Crippen molar-refractivity contribution in [1.29, 1.82) is 5.26 Å². The Bertz CT molecular complexity index is 685. The molecule has 0 saturated heterocycles. The van der Waals surface area contributed by atoms with Gasteiger partial charge in [0.15, 0.2) is 6.10 Å². The van der Waals surface area contributed by atoms with Gasteiger partial charge in [0.05, 0.1) is 5.56 Å². The first-order valence-electron chi connectivity index (χ1n) is 8.29. The molecule has 1 aliphatic carbocycles. The largest absolute Gasteiger partial charge is 0.449 e. The zero-order chi connectivity index (χ0) is 17.5. The fraction of sp³-hybridized carbons (Fsp3) is 0.500. The Morgan fingerprint density at radius 3 is 2.83 bits per heavy atom. The van der Waals surface area contributed by atoms with E-state index in [4.69, 9.17) is 4.74 Å². The van der Waals surface area contributed by atoms with E-state index >= 15 is 0 Å². The predicted molar refractivity (Wildman–Crippen MR) is 93.9 cm³/mol. The lowest BCUT2D eigenvalue weighted by molar-refractivity contribution is -0.148. The summed E-state index contributed by atoms with van der Waals surface area (Å²) in [5.74, 6) is -0.955. The maximum atomic E-state index is 12.3. The summed E-state index contributed by atoms with van der Waals surface area (Å²) in [5, 5.41) is 12.8. The first-order chi connectivity index (χ1) is 11.6. The van der Waals surface area contributed by atoms with E-state index in [2.05, 4.69) is 11.4 Å². The lowest BCUT2D eigenvalue weighted by atomic mass is 10.1. The van der Waals surface area contributed by atoms with Crippen molar-refractivity contribution < 1.29 is 14.3 Å². The van der Waals surface area contributed by atoms with Crippen molar-refractivity contribution >= 4 is 28.2 Å². The number of thiophene rings is 1. The van der Waals surface area contributed by atoms with Crippen LogP contribution in [0.2, 0.25) is 0 Å². The number of rotatable bonds is 5. The standard InChI is InChI=1S/C18H22N2O3S/c1-3-4-10-16(21)23-12(2)17(22)20-18-14(11-19)13-8-6-5-7-9-15(13)24-18/h4,10,12H,3,5-9H2,1-2H3,(H,20,22)/b10-4+/t12-/m1/s1. The quantitative estimate of drug-likeness (QED) is 0.500. The number of ether oxygens (including phenoxy) is 1. The van der Waals surface area contributed by atoms with Gasteiger partial charge in [-0.05, 0) is 44.6 Å². The second-order valence-electron chi connectivity index (χ2n) is 5.76. The molecule has 1 aromatic heterocycles. The number of nitrogens with zero attached hydrogens (tertiary/aromatic N) is 1. The molecule has 2 rings (SSSR count). The van der Waals surface area contributed by atoms with Crippen LogP contribution in [-0.2, 0) is 27.2 Å². The van der Waals surface area contributed by atoms with E-state index in [-0.39, 0.29) is 0 Å². The van der Waals surface area contributed by atoms with Gasteiger partial charge in [-0.15, -0.1) is 11.3 Å². The van der Waals surface area contributed by atoms with Crippen LogP contribution in [-0.4, -0.2) is 18.0 Å². The number of carbonyl (C=O) groups excluding carboxylic acids is 2. The normalized spacial score (nSPS) is 15.2. The molecule has 24 heavy (non-hydrogen) atoms. The molecule has 1 amide bonds. The second-order valence-corrected chi connectivity index (χ2v) is 6.86. The molecule has 0 fully saturated rings. The lowest BCUT2D eigenvalue weighted by Crippen LogP contribution is -2.29. The van der Waals surface area contributed by atoms with Crippen molar-refractivity contribution in [3.05, 3.63) is 28.2 Å². The summed E-state index contributed by atoms with van der Waals surface area (Å²) >= 11 is 1.47. The van der Waals surface area contributed by atoms with E-state index in [1.165, 1.54) is 35.6 Å². The fourth-order valence-electron chi connectivity index (χ4n) is 2.64. The fourth-order valence-corrected chi connectivity index (χ4v) is 3.89. The van der Waals surface area contributed by atoms with Crippen molar-refractivity contribution in [2.24, 2.45) is 0 Å². The molecule has 0 bridgehead atoms. The van der Waals surface area contributed by atoms with Gasteiger partial charge in [0, 0.05) is 11.0 Å². The van der Waals surface area contributed by atoms with E-state index in [1.807, 2.05) is 6.92 Å². The minimum atomic E-state index is -0.910. The molecule has 0 aliphatic heterocycles. The van der Waals surface area contributed by atoms with E-state index in [0.29, 0.717) is 10.6 Å². The number of anilines is 1. The van der Waals surface area contributed by atoms with E-state index in [0.717, 1.165) is 37.7 Å². The van der Waals surface area contributed by atoms with Gasteiger partial charge in [-0.1, -0.05) is 19.4 Å². The summed E-state index contributed by atoms with van der Waals surface area (Å²) in [4.78, 5) is 25.0. The third-order valence-corrected chi connectivity index (χ3v) is 5.13. The minimum Gasteiger partial charge on any atom is -0.449 e. The van der Waals surface area contributed by atoms with Gasteiger partial charge in [-0.2, -0.15) is 5.26 Å². The molecule has 1 heterocycles. The Kier molecular flexibility index (Phi) is 6.56. The van der Waals surface area contributed by atoms with Gasteiger partial charge in [-0.3, -0.25) is 4.79 Å². The Morgan fingerprint density at radius 2 is 2.12 bits per heavy atom. The van der Waals surface area contributed by atoms with Crippen LogP contribution in [0.3, 0.4) is 0 Å². The zero-order valence-corrected chi connectivity index (χ0v) is 14.9. The summed E-state index contributed by atoms with van der Waals surface area (Å²) in [6.45, 7) is 3.43. The molecule has 1 atom stereocenters. The first-order valence-corrected chi connectivity index (χ1v) is 9.11. The van der Waals surface area contributed by atoms with Gasteiger partial charge in [-0.25, -0.2) is 4.79 Å². The molecule has 6 heteroatoms. The smallest absolute Gasteiger partial charge is 0.331 e. The highest BCUT2D eigenvalue weighted by Crippen LogP contribution is 2.37. The maximum absolute atomic E-state index is 12.3. The molecule has 128 valence electrons. The van der Waals surface area contributed by atoms with Crippen LogP contribution in [0.5, 0.6) is 0 Å². The van der Waals surface area contributed by atoms with E-state index in [1.54, 1.807) is 6.08 Å². The van der Waals surface area contributed by atoms with Gasteiger partial charge in [0.25, 0.3) is 5.91 Å². The van der Waals surface area contributed by atoms with Crippen LogP contribution in [0.25, 0.3) is 0 Å². The molecule has 5 nitrogen and oxygen atoms in total. The number of aryl methyl sites for hydroxylation is 1. The Morgan fingerprint density at radius 1 is 1.38 bits per heavy atom. The number of esters is 1. The van der Waals surface area contributed by atoms with Crippen LogP contribution >= 0.6 is 11.3 Å². The van der Waals surface area contributed by atoms with Crippen molar-refractivity contribution in [3.63, 3.8) is 0 Å². The Hall–Kier alpha value is -2.13. The molecule has 0 radical (unpaired) electrons. The molecular formula is C18H22N2O3S. The summed E-state index contributed by atoms with van der Waals surface area (Å²) in [6.07, 6.45) is 8.01. The first kappa shape index (κ1) is 18.2. The third kappa shape index (κ3) is 4.45. The van der Waals surface area contributed by atoms with Crippen LogP contribution in [0.4, 0.5) is 5.00 Å². The Labute approximate surface area is 146 Å². The van der Waals surface area contributed by atoms with E-state index in [9.17, 15) is 14.9 Å². The highest BCUT2D eigenvalue weighted by molar-refractivity contribution is 7.16. The average molecular weight is 346 g/mol. The molecule has 1 aliphatic rings. The number of fused-ring (bicyclic) bond motifs is 1. The lowest BCUT2D eigenvalue weighted by Gasteiger charge is -2.11. The maximum Gasteiger partial charge on any atom is 0.331 e. The van der Waals surface area contributed by atoms with Crippen molar-refractivity contribution in [2.45, 2.75) is 58.5 Å². The van der Waals surface area contributed by atoms with Crippen LogP contribution in [0.15, 0.2) is 12.2 Å². The number of nitrogens with one attached hydrogen (secondary N) is 1. The number of nitriles is 1. The molecular weight excluding hydrogens is 324 g/mol. The Balaban J connectivity index is 2.07. The minimum absolute atomic E-state index is 0.416. The van der Waals surface area contributed by atoms with Crippen molar-refractivity contribution in [3.8, 4) is 6.07 Å². The van der Waals surface area contributed by atoms with Gasteiger partial charge in [0.1, 0.15) is 11.1 Å². The molecule has 0 spiro atoms. The number of hydrogen-bond donors (Lipinski definition) is 1. The topological polar surface area (TPSA) is 79.2 Å². The number of amides is 1. The summed E-state index contributed by atoms with van der Waals surface area (Å²) < 4.78 is 5.07. The van der Waals surface area contributed by atoms with Crippen LogP contribution < -0.4 is 5.32 Å². The summed E-state index contributed by atoms with van der Waals surface area (Å²) in [5.41, 5.74) is 1.64. The summed E-state index contributed by atoms with van der Waals surface area (Å²) in [6, 6.07) is 2.22. The number of allylic oxidation sites excluding steroid dienone is 1. The zero-order valence-electron chi connectivity index (χ0n) is 14.1. The number of hydrogen-bond acceptors (Lipinski definition) is 5. The van der Waals surface area contributed by atoms with E-state index < -0.39 is 18.0 Å². The molecule has 0 unspecified atom stereocenters. The van der Waals surface area contributed by atoms with Crippen LogP contribution in [0, 0.1) is 11.3 Å². The molecule has 0 aromatic carbocycles. The monoisotopic (exact) mass is 346 g/mol. The van der Waals surface area contributed by atoms with Gasteiger partial charge < -0.3 is 10.1 Å². The van der Waals surface area contributed by atoms with Crippen LogP contribution in [0.1, 0.15) is 55.5 Å². The SMILES string of the molecule is CC/C=C/C(=O)O[C@H](C)C(=O)Nc1sc2c(c1C#N)CCCCC2. The second kappa shape index (κ2) is 8.65. The number of carbonyl (C=O) groups is 2. The summed E-state index contributed by atoms with van der Waals surface area (Å²) in [7, 11) is 0. The highest BCUT2D eigenvalue weighted by atomic mass is 32.1. The van der Waals surface area contributed by atoms with Crippen molar-refractivity contribution in [1.82, 2.24) is 0 Å². The molecule has 1 aromatic rings. The average Bonchev–Trinajstić information content (AvgIpc) is 2.72. The highest BCUT2D eigenvalue weighted by Gasteiger charge is 2.23. The van der Waals surface area contributed by atoms with Gasteiger partial charge >= 0.3 is 5.97 Å². The van der Waals surface area contributed by atoms with Gasteiger partial charge in [0.2, 0.25) is 0 Å². The van der Waals surface area contributed by atoms with Crippen molar-refractivity contribution in [2.75, 3.05) is 5.32 Å².